The van der Waals surface area contributed by atoms with E-state index in [0.717, 1.165) is 48.1 Å². The standard InChI is InChI=1S/C40H48FN3O5Si/c1-27-38(50(2,3)41)35(23-37(47)43-25-30-15-8-7-14-29(30)22-32(43)26-45)49-40(27)33-17-9-10-18-34(33)44(39(40)48)24-28-13-12-16-31(21-28)42-20-11-5-4-6-19-36(42)46/h7-10,12-18,21,27,32,35,38,45H,4-6,11,19-20,22-26H2,1-3H3/t27-,32-,35+,38-,40+/m0/s1. The molecule has 0 aromatic heterocycles. The summed E-state index contributed by atoms with van der Waals surface area (Å²) in [6.07, 6.45) is 4.23. The van der Waals surface area contributed by atoms with Crippen LogP contribution in [0.1, 0.15) is 67.7 Å². The van der Waals surface area contributed by atoms with Crippen LogP contribution < -0.4 is 9.80 Å². The number of aliphatic hydroxyl groups is 1. The Labute approximate surface area is 295 Å². The quantitative estimate of drug-likeness (QED) is 0.221. The maximum Gasteiger partial charge on any atom is 0.264 e. The molecule has 3 amide bonds. The molecule has 4 aliphatic rings. The molecule has 1 N–H and O–H groups in total. The third kappa shape index (κ3) is 6.09. The molecule has 0 saturated carbocycles. The van der Waals surface area contributed by atoms with Crippen molar-refractivity contribution >= 4 is 37.5 Å². The van der Waals surface area contributed by atoms with Gasteiger partial charge in [0, 0.05) is 42.2 Å². The molecular weight excluding hydrogens is 650 g/mol. The van der Waals surface area contributed by atoms with Gasteiger partial charge < -0.3 is 28.7 Å². The number of anilines is 2. The summed E-state index contributed by atoms with van der Waals surface area (Å²) in [6, 6.07) is 23.0. The van der Waals surface area contributed by atoms with Crippen LogP contribution in [0.15, 0.2) is 72.8 Å². The molecule has 7 rings (SSSR count). The van der Waals surface area contributed by atoms with E-state index in [1.165, 1.54) is 0 Å². The highest BCUT2D eigenvalue weighted by molar-refractivity contribution is 6.72. The zero-order valence-corrected chi connectivity index (χ0v) is 30.3. The van der Waals surface area contributed by atoms with Crippen molar-refractivity contribution in [2.45, 2.75) is 101 Å². The number of carbonyl (C=O) groups is 3. The monoisotopic (exact) mass is 697 g/mol. The molecule has 0 radical (unpaired) electrons. The zero-order chi connectivity index (χ0) is 35.2. The Hall–Kier alpha value is -3.86. The van der Waals surface area contributed by atoms with Gasteiger partial charge in [-0.05, 0) is 67.2 Å². The van der Waals surface area contributed by atoms with E-state index in [0.29, 0.717) is 37.2 Å². The molecule has 10 heteroatoms. The molecule has 5 atom stereocenters. The first-order chi connectivity index (χ1) is 24.0. The number of para-hydroxylation sites is 1. The highest BCUT2D eigenvalue weighted by atomic mass is 28.4. The van der Waals surface area contributed by atoms with Gasteiger partial charge in [-0.2, -0.15) is 0 Å². The van der Waals surface area contributed by atoms with Crippen molar-refractivity contribution in [3.05, 3.63) is 95.1 Å². The maximum absolute atomic E-state index is 16.5. The molecule has 4 heterocycles. The van der Waals surface area contributed by atoms with Crippen molar-refractivity contribution in [3.8, 4) is 0 Å². The molecule has 8 nitrogen and oxygen atoms in total. The fraction of sp³-hybridized carbons (Fsp3) is 0.475. The van der Waals surface area contributed by atoms with Crippen LogP contribution >= 0.6 is 0 Å². The van der Waals surface area contributed by atoms with E-state index in [-0.39, 0.29) is 43.3 Å². The normalized spacial score (nSPS) is 26.9. The smallest absolute Gasteiger partial charge is 0.264 e. The van der Waals surface area contributed by atoms with E-state index in [1.807, 2.05) is 84.6 Å². The highest BCUT2D eigenvalue weighted by Crippen LogP contribution is 2.60. The van der Waals surface area contributed by atoms with Crippen LogP contribution in [0.5, 0.6) is 0 Å². The number of rotatable bonds is 7. The molecule has 1 spiro atoms. The number of hydrogen-bond acceptors (Lipinski definition) is 5. The zero-order valence-electron chi connectivity index (χ0n) is 29.3. The summed E-state index contributed by atoms with van der Waals surface area (Å²) >= 11 is 0. The second kappa shape index (κ2) is 13.7. The number of benzene rings is 3. The Morgan fingerprint density at radius 3 is 2.50 bits per heavy atom. The summed E-state index contributed by atoms with van der Waals surface area (Å²) in [6.45, 7) is 6.32. The first-order valence-corrected chi connectivity index (χ1v) is 21.1. The van der Waals surface area contributed by atoms with Crippen LogP contribution in [0.3, 0.4) is 0 Å². The lowest BCUT2D eigenvalue weighted by Gasteiger charge is -2.37. The summed E-state index contributed by atoms with van der Waals surface area (Å²) in [5, 5.41) is 10.3. The minimum absolute atomic E-state index is 0.0723. The lowest BCUT2D eigenvalue weighted by molar-refractivity contribution is -0.151. The molecule has 0 aliphatic carbocycles. The van der Waals surface area contributed by atoms with Crippen LogP contribution in [0.4, 0.5) is 15.5 Å². The van der Waals surface area contributed by atoms with Gasteiger partial charge in [-0.25, -0.2) is 0 Å². The van der Waals surface area contributed by atoms with Crippen LogP contribution in [-0.2, 0) is 44.2 Å². The van der Waals surface area contributed by atoms with Gasteiger partial charge in [-0.3, -0.25) is 14.4 Å². The predicted molar refractivity (Wildman–Crippen MR) is 194 cm³/mol. The summed E-state index contributed by atoms with van der Waals surface area (Å²) < 4.78 is 23.3. The molecule has 3 aromatic rings. The Kier molecular flexibility index (Phi) is 9.47. The number of aliphatic hydroxyl groups excluding tert-OH is 1. The Bertz CT molecular complexity index is 1780. The Morgan fingerprint density at radius 2 is 1.72 bits per heavy atom. The van der Waals surface area contributed by atoms with Gasteiger partial charge in [-0.15, -0.1) is 0 Å². The molecule has 50 heavy (non-hydrogen) atoms. The van der Waals surface area contributed by atoms with Gasteiger partial charge in [0.2, 0.25) is 20.2 Å². The van der Waals surface area contributed by atoms with E-state index < -0.39 is 31.6 Å². The molecule has 2 saturated heterocycles. The summed E-state index contributed by atoms with van der Waals surface area (Å²) in [5.74, 6) is -0.855. The number of hydrogen-bond donors (Lipinski definition) is 1. The van der Waals surface area contributed by atoms with E-state index >= 15 is 4.11 Å². The number of fused-ring (bicyclic) bond motifs is 3. The van der Waals surface area contributed by atoms with E-state index in [1.54, 1.807) is 22.9 Å². The molecule has 2 fully saturated rings. The third-order valence-corrected chi connectivity index (χ3v) is 14.0. The number of carbonyl (C=O) groups excluding carboxylic acids is 3. The summed E-state index contributed by atoms with van der Waals surface area (Å²) in [5.41, 5.74) is 3.23. The van der Waals surface area contributed by atoms with Gasteiger partial charge in [0.25, 0.3) is 5.91 Å². The van der Waals surface area contributed by atoms with Crippen molar-refractivity contribution in [3.63, 3.8) is 0 Å². The fourth-order valence-corrected chi connectivity index (χ4v) is 11.6. The SMILES string of the molecule is C[C@H]1[C@H]([Si](C)(C)F)[C@@H](CC(=O)N2Cc3ccccc3C[C@H]2CO)O[C@]12C(=O)N(Cc1cccc(N3CCCCCCC3=O)c1)c1ccccc12. The predicted octanol–water partition coefficient (Wildman–Crippen LogP) is 6.64. The highest BCUT2D eigenvalue weighted by Gasteiger charge is 2.67. The van der Waals surface area contributed by atoms with E-state index in [2.05, 4.69) is 0 Å². The molecule has 0 bridgehead atoms. The fourth-order valence-electron chi connectivity index (χ4n) is 9.13. The number of nitrogens with zero attached hydrogens (tertiary/aromatic N) is 3. The second-order valence-corrected chi connectivity index (χ2v) is 18.9. The molecule has 4 aliphatic heterocycles. The largest absolute Gasteiger partial charge is 0.394 e. The minimum Gasteiger partial charge on any atom is -0.394 e. The lowest BCUT2D eigenvalue weighted by atomic mass is 9.82. The average molecular weight is 698 g/mol. The molecule has 0 unspecified atom stereocenters. The topological polar surface area (TPSA) is 90.4 Å². The molecular formula is C40H48FN3O5Si. The molecule has 3 aromatic carbocycles. The first-order valence-electron chi connectivity index (χ1n) is 18.2. The van der Waals surface area contributed by atoms with Crippen molar-refractivity contribution in [1.29, 1.82) is 0 Å². The second-order valence-electron chi connectivity index (χ2n) is 15.1. The third-order valence-electron chi connectivity index (χ3n) is 11.5. The Balaban J connectivity index is 1.18. The number of amides is 3. The van der Waals surface area contributed by atoms with Gasteiger partial charge in [-0.1, -0.05) is 74.4 Å². The first kappa shape index (κ1) is 34.6. The number of halogens is 1. The van der Waals surface area contributed by atoms with Crippen LogP contribution in [-0.4, -0.2) is 61.4 Å². The van der Waals surface area contributed by atoms with E-state index in [9.17, 15) is 19.5 Å². The van der Waals surface area contributed by atoms with Gasteiger partial charge in [0.15, 0.2) is 5.60 Å². The lowest BCUT2D eigenvalue weighted by Crippen LogP contribution is -2.48. The molecule has 264 valence electrons. The van der Waals surface area contributed by atoms with Gasteiger partial charge in [0.1, 0.15) is 0 Å². The van der Waals surface area contributed by atoms with Crippen LogP contribution in [0, 0.1) is 5.92 Å². The Morgan fingerprint density at radius 1 is 0.980 bits per heavy atom. The van der Waals surface area contributed by atoms with Crippen LogP contribution in [0.2, 0.25) is 18.6 Å². The van der Waals surface area contributed by atoms with Gasteiger partial charge in [0.05, 0.1) is 37.4 Å². The maximum atomic E-state index is 16.5. The van der Waals surface area contributed by atoms with Crippen molar-refractivity contribution in [1.82, 2.24) is 4.90 Å². The number of ether oxygens (including phenoxy) is 1. The van der Waals surface area contributed by atoms with E-state index in [4.69, 9.17) is 4.74 Å². The average Bonchev–Trinajstić information content (AvgIpc) is 3.52. The van der Waals surface area contributed by atoms with Crippen molar-refractivity contribution < 1.29 is 28.3 Å². The van der Waals surface area contributed by atoms with Crippen LogP contribution in [0.25, 0.3) is 0 Å². The summed E-state index contributed by atoms with van der Waals surface area (Å²) in [4.78, 5) is 47.3. The van der Waals surface area contributed by atoms with Crippen molar-refractivity contribution in [2.75, 3.05) is 23.0 Å². The van der Waals surface area contributed by atoms with Crippen molar-refractivity contribution in [2.24, 2.45) is 5.92 Å². The van der Waals surface area contributed by atoms with Gasteiger partial charge >= 0.3 is 0 Å². The summed E-state index contributed by atoms with van der Waals surface area (Å²) in [7, 11) is -3.48. The minimum atomic E-state index is -3.48.